The number of hydrogen-bond acceptors (Lipinski definition) is 5. The first kappa shape index (κ1) is 18.8. The molecule has 3 heterocycles. The number of halogens is 1. The Morgan fingerprint density at radius 2 is 1.77 bits per heavy atom. The molecule has 142 valence electrons. The van der Waals surface area contributed by atoms with Crippen LogP contribution in [0.5, 0.6) is 11.5 Å². The third kappa shape index (κ3) is 2.89. The van der Waals surface area contributed by atoms with Crippen molar-refractivity contribution in [3.8, 4) is 11.5 Å². The quantitative estimate of drug-likeness (QED) is 0.728. The number of imide groups is 1. The van der Waals surface area contributed by atoms with Gasteiger partial charge in [0.15, 0.2) is 11.5 Å². The highest BCUT2D eigenvalue weighted by molar-refractivity contribution is 6.06. The normalized spacial score (nSPS) is 24.8. The number of piperidine rings is 1. The molecule has 7 nitrogen and oxygen atoms in total. The number of likely N-dealkylation sites (N-methyl/N-ethyl adjacent to an activating group) is 2. The smallest absolute Gasteiger partial charge is 0.327 e. The van der Waals surface area contributed by atoms with E-state index in [2.05, 4.69) is 4.90 Å². The molecule has 3 aliphatic rings. The fourth-order valence-electron chi connectivity index (χ4n) is 4.05. The Bertz CT molecular complexity index is 705. The third-order valence-corrected chi connectivity index (χ3v) is 5.63. The molecular weight excluding hydrogens is 358 g/mol. The van der Waals surface area contributed by atoms with Crippen molar-refractivity contribution in [3.05, 3.63) is 24.3 Å². The topological polar surface area (TPSA) is 62.3 Å². The molecule has 0 radical (unpaired) electrons. The minimum atomic E-state index is -0.668. The van der Waals surface area contributed by atoms with Gasteiger partial charge in [-0.1, -0.05) is 12.1 Å². The average molecular weight is 382 g/mol. The fourth-order valence-corrected chi connectivity index (χ4v) is 4.05. The van der Waals surface area contributed by atoms with E-state index < -0.39 is 5.54 Å². The Morgan fingerprint density at radius 3 is 2.38 bits per heavy atom. The Balaban J connectivity index is 0.00000196. The van der Waals surface area contributed by atoms with Crippen molar-refractivity contribution in [1.82, 2.24) is 14.7 Å². The first-order chi connectivity index (χ1) is 12.0. The van der Waals surface area contributed by atoms with Crippen molar-refractivity contribution >= 4 is 24.3 Å². The number of ether oxygens (including phenoxy) is 2. The van der Waals surface area contributed by atoms with E-state index in [1.165, 1.54) is 4.90 Å². The van der Waals surface area contributed by atoms with Crippen LogP contribution in [0.4, 0.5) is 4.79 Å². The van der Waals surface area contributed by atoms with Crippen molar-refractivity contribution in [2.45, 2.75) is 24.5 Å². The largest absolute Gasteiger partial charge is 0.486 e. The molecule has 26 heavy (non-hydrogen) atoms. The lowest BCUT2D eigenvalue weighted by Gasteiger charge is -2.42. The predicted molar refractivity (Wildman–Crippen MR) is 97.9 cm³/mol. The maximum atomic E-state index is 12.5. The maximum absolute atomic E-state index is 12.5. The summed E-state index contributed by atoms with van der Waals surface area (Å²) < 4.78 is 11.8. The third-order valence-electron chi connectivity index (χ3n) is 5.63. The summed E-state index contributed by atoms with van der Waals surface area (Å²) in [6, 6.07) is 7.48. The molecule has 1 aromatic carbocycles. The van der Waals surface area contributed by atoms with Gasteiger partial charge in [-0.3, -0.25) is 14.6 Å². The van der Waals surface area contributed by atoms with Crippen LogP contribution >= 0.6 is 12.4 Å². The second kappa shape index (κ2) is 6.96. The first-order valence-corrected chi connectivity index (χ1v) is 8.68. The number of urea groups is 1. The van der Waals surface area contributed by atoms with Gasteiger partial charge in [-0.25, -0.2) is 4.79 Å². The molecule has 4 rings (SSSR count). The molecule has 3 aliphatic heterocycles. The predicted octanol–water partition coefficient (Wildman–Crippen LogP) is 1.61. The van der Waals surface area contributed by atoms with E-state index in [-0.39, 0.29) is 30.4 Å². The second-order valence-electron chi connectivity index (χ2n) is 7.04. The van der Waals surface area contributed by atoms with Crippen LogP contribution in [0.1, 0.15) is 12.8 Å². The molecule has 2 fully saturated rings. The summed E-state index contributed by atoms with van der Waals surface area (Å²) in [6.45, 7) is 2.81. The molecule has 3 amide bonds. The second-order valence-corrected chi connectivity index (χ2v) is 7.04. The molecule has 0 saturated carbocycles. The van der Waals surface area contributed by atoms with Gasteiger partial charge in [0.05, 0.1) is 0 Å². The van der Waals surface area contributed by atoms with Crippen LogP contribution in [-0.4, -0.2) is 78.6 Å². The number of carbonyl (C=O) groups is 2. The van der Waals surface area contributed by atoms with Gasteiger partial charge in [0, 0.05) is 33.7 Å². The SMILES string of the molecule is CN1C(=O)N(C)C2(CCN(CC3COc4ccccc4O3)CC2)C1=O.Cl. The Labute approximate surface area is 159 Å². The minimum Gasteiger partial charge on any atom is -0.486 e. The molecule has 0 aromatic heterocycles. The van der Waals surface area contributed by atoms with Crippen LogP contribution < -0.4 is 9.47 Å². The molecule has 0 bridgehead atoms. The molecule has 8 heteroatoms. The zero-order valence-corrected chi connectivity index (χ0v) is 15.8. The summed E-state index contributed by atoms with van der Waals surface area (Å²) >= 11 is 0. The highest BCUT2D eigenvalue weighted by atomic mass is 35.5. The van der Waals surface area contributed by atoms with Crippen molar-refractivity contribution in [2.75, 3.05) is 40.3 Å². The van der Waals surface area contributed by atoms with Crippen LogP contribution in [0, 0.1) is 0 Å². The summed E-state index contributed by atoms with van der Waals surface area (Å²) in [4.78, 5) is 29.8. The lowest BCUT2D eigenvalue weighted by molar-refractivity contribution is -0.134. The molecule has 1 aromatic rings. The number of nitrogens with zero attached hydrogens (tertiary/aromatic N) is 3. The molecule has 2 saturated heterocycles. The zero-order chi connectivity index (χ0) is 17.6. The van der Waals surface area contributed by atoms with Crippen molar-refractivity contribution in [2.24, 2.45) is 0 Å². The number of fused-ring (bicyclic) bond motifs is 1. The maximum Gasteiger partial charge on any atom is 0.327 e. The lowest BCUT2D eigenvalue weighted by atomic mass is 9.86. The minimum absolute atomic E-state index is 0. The van der Waals surface area contributed by atoms with Gasteiger partial charge in [-0.15, -0.1) is 12.4 Å². The van der Waals surface area contributed by atoms with E-state index in [0.29, 0.717) is 19.4 Å². The Hall–Kier alpha value is -1.99. The number of likely N-dealkylation sites (tertiary alicyclic amines) is 1. The zero-order valence-electron chi connectivity index (χ0n) is 15.0. The van der Waals surface area contributed by atoms with Gasteiger partial charge >= 0.3 is 6.03 Å². The van der Waals surface area contributed by atoms with Crippen LogP contribution in [-0.2, 0) is 4.79 Å². The van der Waals surface area contributed by atoms with Crippen LogP contribution in [0.3, 0.4) is 0 Å². The summed E-state index contributed by atoms with van der Waals surface area (Å²) in [5, 5.41) is 0. The van der Waals surface area contributed by atoms with Gasteiger partial charge in [-0.05, 0) is 25.0 Å². The highest BCUT2D eigenvalue weighted by Crippen LogP contribution is 2.36. The summed E-state index contributed by atoms with van der Waals surface area (Å²) in [5.41, 5.74) is -0.668. The first-order valence-electron chi connectivity index (χ1n) is 8.68. The number of amides is 3. The van der Waals surface area contributed by atoms with E-state index >= 15 is 0 Å². The van der Waals surface area contributed by atoms with E-state index in [1.807, 2.05) is 24.3 Å². The van der Waals surface area contributed by atoms with Gasteiger partial charge in [0.1, 0.15) is 18.2 Å². The average Bonchev–Trinajstić information content (AvgIpc) is 2.80. The van der Waals surface area contributed by atoms with Crippen molar-refractivity contribution in [1.29, 1.82) is 0 Å². The van der Waals surface area contributed by atoms with E-state index in [4.69, 9.17) is 9.47 Å². The van der Waals surface area contributed by atoms with Crippen molar-refractivity contribution < 1.29 is 19.1 Å². The van der Waals surface area contributed by atoms with Crippen LogP contribution in [0.15, 0.2) is 24.3 Å². The summed E-state index contributed by atoms with van der Waals surface area (Å²) in [7, 11) is 3.29. The monoisotopic (exact) mass is 381 g/mol. The number of benzene rings is 1. The number of hydrogen-bond donors (Lipinski definition) is 0. The molecule has 1 atom stereocenters. The molecule has 1 spiro atoms. The molecule has 0 N–H and O–H groups in total. The van der Waals surface area contributed by atoms with Crippen LogP contribution in [0.25, 0.3) is 0 Å². The number of rotatable bonds is 2. The standard InChI is InChI=1S/C18H23N3O4.ClH/c1-19-16(22)18(20(2)17(19)23)7-9-21(10-8-18)11-13-12-24-14-5-3-4-6-15(14)25-13;/h3-6,13H,7-12H2,1-2H3;1H. The van der Waals surface area contributed by atoms with E-state index in [9.17, 15) is 9.59 Å². The molecule has 0 aliphatic carbocycles. The van der Waals surface area contributed by atoms with Gasteiger partial charge in [-0.2, -0.15) is 0 Å². The number of carbonyl (C=O) groups excluding carboxylic acids is 2. The summed E-state index contributed by atoms with van der Waals surface area (Å²) in [6.07, 6.45) is 1.29. The Morgan fingerprint density at radius 1 is 1.12 bits per heavy atom. The van der Waals surface area contributed by atoms with Gasteiger partial charge in [0.25, 0.3) is 5.91 Å². The van der Waals surface area contributed by atoms with E-state index in [1.54, 1.807) is 19.0 Å². The highest BCUT2D eigenvalue weighted by Gasteiger charge is 2.55. The summed E-state index contributed by atoms with van der Waals surface area (Å²) in [5.74, 6) is 1.49. The van der Waals surface area contributed by atoms with E-state index in [0.717, 1.165) is 31.1 Å². The Kier molecular flexibility index (Phi) is 5.03. The van der Waals surface area contributed by atoms with Crippen molar-refractivity contribution in [3.63, 3.8) is 0 Å². The lowest BCUT2D eigenvalue weighted by Crippen LogP contribution is -2.56. The van der Waals surface area contributed by atoms with Gasteiger partial charge in [0.2, 0.25) is 0 Å². The molecular formula is C18H24ClN3O4. The fraction of sp³-hybridized carbons (Fsp3) is 0.556. The van der Waals surface area contributed by atoms with Gasteiger partial charge < -0.3 is 14.4 Å². The van der Waals surface area contributed by atoms with Crippen LogP contribution in [0.2, 0.25) is 0 Å². The molecule has 1 unspecified atom stereocenters. The number of para-hydroxylation sites is 2.